The average Bonchev–Trinajstić information content (AvgIpc) is 3.77. The molecule has 52 heavy (non-hydrogen) atoms. The van der Waals surface area contributed by atoms with Crippen LogP contribution in [-0.2, 0) is 52.0 Å². The quantitative estimate of drug-likeness (QED) is 0.195. The van der Waals surface area contributed by atoms with E-state index in [2.05, 4.69) is 96.9 Å². The first-order chi connectivity index (χ1) is 25.1. The van der Waals surface area contributed by atoms with Gasteiger partial charge in [-0.15, -0.1) is 10.2 Å². The van der Waals surface area contributed by atoms with Crippen molar-refractivity contribution in [2.75, 3.05) is 0 Å². The molecule has 0 spiro atoms. The molecule has 6 aromatic rings. The molecule has 0 N–H and O–H groups in total. The Labute approximate surface area is 309 Å². The monoisotopic (exact) mass is 686 g/mol. The predicted molar refractivity (Wildman–Crippen MR) is 207 cm³/mol. The van der Waals surface area contributed by atoms with Gasteiger partial charge >= 0.3 is 0 Å². The van der Waals surface area contributed by atoms with Crippen molar-refractivity contribution in [3.05, 3.63) is 139 Å². The van der Waals surface area contributed by atoms with E-state index in [1.165, 1.54) is 0 Å². The standard InChI is InChI=1S/C42H44B2N6O2/c1-7-49-21-37(45-47-49)23-51-41-33-13-27(5)15-35(41)20-36-16-28(6)14-34(42(36)52-24-38-22-50(8-2)48-46-38)19-32-12-26(4)10-30(40(32)44)17-29-9-25(3)11-31(18-33)39(29)43/h9-16,21-22H,7-8,17-20,23-24H2,1-6H3. The third kappa shape index (κ3) is 7.57. The number of nitrogens with zero attached hydrogens (tertiary/aromatic N) is 6. The van der Waals surface area contributed by atoms with Crippen molar-refractivity contribution in [3.8, 4) is 11.5 Å². The van der Waals surface area contributed by atoms with E-state index >= 15 is 0 Å². The molecule has 0 amide bonds. The SMILES string of the molecule is [B]c1c2cc(C)cc1Cc1cc(C)cc(c1OCc1cn(CC)nn1)Cc1cc(C)cc(c1OCc1cn(CC)nn1)Cc1cc(C)cc(c1[B])C2. The van der Waals surface area contributed by atoms with E-state index in [4.69, 9.17) is 25.2 Å². The lowest BCUT2D eigenvalue weighted by atomic mass is 9.76. The van der Waals surface area contributed by atoms with Crippen LogP contribution >= 0.6 is 0 Å². The second-order valence-electron chi connectivity index (χ2n) is 14.2. The first kappa shape index (κ1) is 35.3. The molecule has 2 heterocycles. The Kier molecular flexibility index (Phi) is 10.1. The molecule has 8 bridgehead atoms. The minimum Gasteiger partial charge on any atom is -0.487 e. The van der Waals surface area contributed by atoms with E-state index < -0.39 is 0 Å². The Morgan fingerprint density at radius 1 is 0.500 bits per heavy atom. The maximum atomic E-state index is 7.03. The van der Waals surface area contributed by atoms with Gasteiger partial charge in [0.2, 0.25) is 0 Å². The molecule has 8 nitrogen and oxygen atoms in total. The zero-order valence-electron chi connectivity index (χ0n) is 31.1. The number of rotatable bonds is 8. The van der Waals surface area contributed by atoms with Crippen LogP contribution in [0.25, 0.3) is 0 Å². The number of benzene rings is 4. The van der Waals surface area contributed by atoms with Crippen molar-refractivity contribution in [2.24, 2.45) is 0 Å². The molecule has 0 unspecified atom stereocenters. The Balaban J connectivity index is 1.42. The molecule has 0 saturated carbocycles. The van der Waals surface area contributed by atoms with Crippen LogP contribution in [0.4, 0.5) is 0 Å². The molecular formula is C42H44B2N6O2. The van der Waals surface area contributed by atoms with Crippen LogP contribution in [0.15, 0.2) is 60.9 Å². The van der Waals surface area contributed by atoms with Crippen LogP contribution < -0.4 is 20.4 Å². The molecule has 2 aromatic heterocycles. The summed E-state index contributed by atoms with van der Waals surface area (Å²) in [5.41, 5.74) is 16.2. The van der Waals surface area contributed by atoms with Crippen LogP contribution in [0.2, 0.25) is 0 Å². The maximum absolute atomic E-state index is 7.03. The molecule has 0 aliphatic heterocycles. The highest BCUT2D eigenvalue weighted by Gasteiger charge is 2.21. The molecule has 10 heteroatoms. The van der Waals surface area contributed by atoms with Crippen LogP contribution in [0.5, 0.6) is 11.5 Å². The van der Waals surface area contributed by atoms with Gasteiger partial charge in [-0.2, -0.15) is 0 Å². The highest BCUT2D eigenvalue weighted by atomic mass is 16.5. The summed E-state index contributed by atoms with van der Waals surface area (Å²) in [7, 11) is 14.1. The van der Waals surface area contributed by atoms with Gasteiger partial charge in [0.15, 0.2) is 0 Å². The van der Waals surface area contributed by atoms with E-state index in [-0.39, 0.29) is 0 Å². The van der Waals surface area contributed by atoms with Gasteiger partial charge in [0.1, 0.15) is 51.8 Å². The molecule has 4 radical (unpaired) electrons. The fraction of sp³-hybridized carbons (Fsp3) is 0.333. The van der Waals surface area contributed by atoms with E-state index in [0.717, 1.165) is 114 Å². The van der Waals surface area contributed by atoms with E-state index in [0.29, 0.717) is 38.9 Å². The van der Waals surface area contributed by atoms with E-state index in [1.54, 1.807) is 0 Å². The van der Waals surface area contributed by atoms with Gasteiger partial charge in [0.05, 0.1) is 12.4 Å². The second-order valence-corrected chi connectivity index (χ2v) is 14.2. The first-order valence-electron chi connectivity index (χ1n) is 18.1. The third-order valence-corrected chi connectivity index (χ3v) is 9.84. The van der Waals surface area contributed by atoms with Crippen LogP contribution in [0, 0.1) is 27.7 Å². The summed E-state index contributed by atoms with van der Waals surface area (Å²) in [6, 6.07) is 17.6. The zero-order valence-corrected chi connectivity index (χ0v) is 31.1. The fourth-order valence-corrected chi connectivity index (χ4v) is 7.48. The van der Waals surface area contributed by atoms with Gasteiger partial charge in [-0.25, -0.2) is 0 Å². The third-order valence-electron chi connectivity index (χ3n) is 9.84. The lowest BCUT2D eigenvalue weighted by molar-refractivity contribution is 0.292. The average molecular weight is 686 g/mol. The second kappa shape index (κ2) is 14.9. The van der Waals surface area contributed by atoms with Gasteiger partial charge in [0.25, 0.3) is 0 Å². The van der Waals surface area contributed by atoms with Crippen molar-refractivity contribution in [1.29, 1.82) is 0 Å². The van der Waals surface area contributed by atoms with Gasteiger partial charge in [-0.3, -0.25) is 9.36 Å². The number of hydrogen-bond acceptors (Lipinski definition) is 6. The van der Waals surface area contributed by atoms with Crippen molar-refractivity contribution < 1.29 is 9.47 Å². The summed E-state index contributed by atoms with van der Waals surface area (Å²) in [6.45, 7) is 14.7. The summed E-state index contributed by atoms with van der Waals surface area (Å²) < 4.78 is 17.2. The molecule has 260 valence electrons. The van der Waals surface area contributed by atoms with Crippen LogP contribution in [0.3, 0.4) is 0 Å². The molecule has 0 atom stereocenters. The van der Waals surface area contributed by atoms with Crippen molar-refractivity contribution in [3.63, 3.8) is 0 Å². The lowest BCUT2D eigenvalue weighted by Crippen LogP contribution is -2.23. The van der Waals surface area contributed by atoms with Gasteiger partial charge < -0.3 is 9.47 Å². The molecular weight excluding hydrogens is 642 g/mol. The summed E-state index contributed by atoms with van der Waals surface area (Å²) in [4.78, 5) is 0. The van der Waals surface area contributed by atoms with Gasteiger partial charge in [0, 0.05) is 32.4 Å². The molecule has 0 saturated heterocycles. The molecule has 1 aliphatic rings. The normalized spacial score (nSPS) is 12.6. The van der Waals surface area contributed by atoms with Crippen molar-refractivity contribution in [1.82, 2.24) is 30.0 Å². The van der Waals surface area contributed by atoms with E-state index in [9.17, 15) is 0 Å². The smallest absolute Gasteiger partial charge is 0.134 e. The number of aromatic nitrogens is 6. The number of aryl methyl sites for hydroxylation is 6. The molecule has 7 rings (SSSR count). The maximum Gasteiger partial charge on any atom is 0.134 e. The zero-order chi connectivity index (χ0) is 36.5. The highest BCUT2D eigenvalue weighted by molar-refractivity contribution is 6.35. The summed E-state index contributed by atoms with van der Waals surface area (Å²) in [5.74, 6) is 1.66. The number of hydrogen-bond donors (Lipinski definition) is 0. The predicted octanol–water partition coefficient (Wildman–Crippen LogP) is 5.57. The Hall–Kier alpha value is -5.11. The fourth-order valence-electron chi connectivity index (χ4n) is 7.48. The number of fused-ring (bicyclic) bond motifs is 8. The van der Waals surface area contributed by atoms with Crippen molar-refractivity contribution in [2.45, 2.75) is 93.5 Å². The van der Waals surface area contributed by atoms with Crippen LogP contribution in [0.1, 0.15) is 92.0 Å². The van der Waals surface area contributed by atoms with Gasteiger partial charge in [-0.1, -0.05) is 103 Å². The molecule has 1 aliphatic carbocycles. The minimum atomic E-state index is 0.292. The first-order valence-corrected chi connectivity index (χ1v) is 18.1. The Bertz CT molecular complexity index is 2120. The summed E-state index contributed by atoms with van der Waals surface area (Å²) in [6.07, 6.45) is 6.30. The topological polar surface area (TPSA) is 79.9 Å². The van der Waals surface area contributed by atoms with Crippen LogP contribution in [-0.4, -0.2) is 45.7 Å². The molecule has 4 aromatic carbocycles. The Morgan fingerprint density at radius 2 is 0.788 bits per heavy atom. The minimum absolute atomic E-state index is 0.292. The van der Waals surface area contributed by atoms with Crippen molar-refractivity contribution >= 4 is 26.6 Å². The lowest BCUT2D eigenvalue weighted by Gasteiger charge is -2.23. The van der Waals surface area contributed by atoms with Gasteiger partial charge in [-0.05, 0) is 81.3 Å². The Morgan fingerprint density at radius 3 is 1.10 bits per heavy atom. The largest absolute Gasteiger partial charge is 0.487 e. The summed E-state index contributed by atoms with van der Waals surface area (Å²) >= 11 is 0. The van der Waals surface area contributed by atoms with E-state index in [1.807, 2.05) is 35.6 Å². The molecule has 0 fully saturated rings. The highest BCUT2D eigenvalue weighted by Crippen LogP contribution is 2.36. The number of ether oxygens (including phenoxy) is 2. The summed E-state index contributed by atoms with van der Waals surface area (Å²) in [5, 5.41) is 17.2.